The van der Waals surface area contributed by atoms with Crippen LogP contribution in [0.2, 0.25) is 0 Å². The maximum absolute atomic E-state index is 12.7. The number of aliphatic imine (C=N–C) groups is 1. The topological polar surface area (TPSA) is 64.1 Å². The van der Waals surface area contributed by atoms with Crippen LogP contribution in [-0.2, 0) is 13.0 Å². The van der Waals surface area contributed by atoms with Crippen molar-refractivity contribution >= 4 is 5.96 Å². The standard InChI is InChI=1S/C21H27F2N3O3/c1-14-5-8-18(28-4)15(11-14)9-10-25-21(24-2)26-13-16-6-7-17(27-3)12-19(16)29-20(22)23/h5-8,11-12,20H,9-10,13H2,1-4H3,(H2,24,25,26). The van der Waals surface area contributed by atoms with Crippen molar-refractivity contribution in [2.45, 2.75) is 26.5 Å². The highest BCUT2D eigenvalue weighted by molar-refractivity contribution is 5.79. The Morgan fingerprint density at radius 3 is 2.45 bits per heavy atom. The molecule has 6 nitrogen and oxygen atoms in total. The van der Waals surface area contributed by atoms with Gasteiger partial charge in [-0.1, -0.05) is 17.7 Å². The summed E-state index contributed by atoms with van der Waals surface area (Å²) in [4.78, 5) is 4.17. The smallest absolute Gasteiger partial charge is 0.387 e. The van der Waals surface area contributed by atoms with Crippen LogP contribution in [-0.4, -0.2) is 40.4 Å². The minimum atomic E-state index is -2.91. The lowest BCUT2D eigenvalue weighted by Gasteiger charge is -2.16. The summed E-state index contributed by atoms with van der Waals surface area (Å²) >= 11 is 0. The number of hydrogen-bond acceptors (Lipinski definition) is 4. The van der Waals surface area contributed by atoms with Gasteiger partial charge in [0.2, 0.25) is 0 Å². The van der Waals surface area contributed by atoms with Gasteiger partial charge in [-0.25, -0.2) is 0 Å². The summed E-state index contributed by atoms with van der Waals surface area (Å²) in [6.07, 6.45) is 0.744. The van der Waals surface area contributed by atoms with Crippen LogP contribution in [0.25, 0.3) is 0 Å². The third-order valence-corrected chi connectivity index (χ3v) is 4.28. The van der Waals surface area contributed by atoms with Gasteiger partial charge in [-0.2, -0.15) is 8.78 Å². The van der Waals surface area contributed by atoms with Crippen molar-refractivity contribution < 1.29 is 23.0 Å². The van der Waals surface area contributed by atoms with Gasteiger partial charge in [0.1, 0.15) is 17.2 Å². The molecule has 158 valence electrons. The fourth-order valence-corrected chi connectivity index (χ4v) is 2.83. The Labute approximate surface area is 169 Å². The molecular formula is C21H27F2N3O3. The highest BCUT2D eigenvalue weighted by Gasteiger charge is 2.12. The van der Waals surface area contributed by atoms with Crippen LogP contribution in [0.15, 0.2) is 41.4 Å². The number of aryl methyl sites for hydroxylation is 1. The number of benzene rings is 2. The number of nitrogens with zero attached hydrogens (tertiary/aromatic N) is 1. The molecule has 8 heteroatoms. The van der Waals surface area contributed by atoms with E-state index in [9.17, 15) is 8.78 Å². The summed E-state index contributed by atoms with van der Waals surface area (Å²) in [7, 11) is 4.76. The van der Waals surface area contributed by atoms with Gasteiger partial charge in [-0.15, -0.1) is 0 Å². The Morgan fingerprint density at radius 1 is 1.00 bits per heavy atom. The van der Waals surface area contributed by atoms with Gasteiger partial charge < -0.3 is 24.8 Å². The average molecular weight is 407 g/mol. The van der Waals surface area contributed by atoms with E-state index in [-0.39, 0.29) is 12.3 Å². The first-order valence-electron chi connectivity index (χ1n) is 9.16. The van der Waals surface area contributed by atoms with E-state index in [1.54, 1.807) is 26.3 Å². The molecule has 0 heterocycles. The molecule has 0 unspecified atom stereocenters. The summed E-state index contributed by atoms with van der Waals surface area (Å²) < 4.78 is 40.4. The number of guanidine groups is 1. The predicted octanol–water partition coefficient (Wildman–Crippen LogP) is 3.52. The largest absolute Gasteiger partial charge is 0.497 e. The van der Waals surface area contributed by atoms with E-state index >= 15 is 0 Å². The van der Waals surface area contributed by atoms with E-state index in [1.165, 1.54) is 13.2 Å². The van der Waals surface area contributed by atoms with Gasteiger partial charge in [0.05, 0.1) is 14.2 Å². The lowest BCUT2D eigenvalue weighted by atomic mass is 10.1. The minimum Gasteiger partial charge on any atom is -0.497 e. The quantitative estimate of drug-likeness (QED) is 0.492. The molecule has 2 rings (SSSR count). The minimum absolute atomic E-state index is 0.0619. The lowest BCUT2D eigenvalue weighted by molar-refractivity contribution is -0.0505. The zero-order valence-electron chi connectivity index (χ0n) is 17.1. The highest BCUT2D eigenvalue weighted by atomic mass is 19.3. The van der Waals surface area contributed by atoms with Crippen molar-refractivity contribution in [2.75, 3.05) is 27.8 Å². The number of hydrogen-bond donors (Lipinski definition) is 2. The Hall–Kier alpha value is -3.03. The summed E-state index contributed by atoms with van der Waals surface area (Å²) in [5, 5.41) is 6.32. The summed E-state index contributed by atoms with van der Waals surface area (Å²) in [6, 6.07) is 10.8. The fourth-order valence-electron chi connectivity index (χ4n) is 2.83. The molecular weight excluding hydrogens is 380 g/mol. The molecule has 2 aromatic rings. The first-order chi connectivity index (χ1) is 14.0. The van der Waals surface area contributed by atoms with Gasteiger partial charge in [-0.05, 0) is 37.1 Å². The summed E-state index contributed by atoms with van der Waals surface area (Å²) in [5.74, 6) is 1.90. The van der Waals surface area contributed by atoms with E-state index in [0.29, 0.717) is 23.8 Å². The number of alkyl halides is 2. The highest BCUT2D eigenvalue weighted by Crippen LogP contribution is 2.26. The number of halogens is 2. The monoisotopic (exact) mass is 407 g/mol. The van der Waals surface area contributed by atoms with Crippen molar-refractivity contribution in [3.63, 3.8) is 0 Å². The molecule has 29 heavy (non-hydrogen) atoms. The van der Waals surface area contributed by atoms with Crippen LogP contribution in [0, 0.1) is 6.92 Å². The van der Waals surface area contributed by atoms with Gasteiger partial charge in [0.15, 0.2) is 5.96 Å². The van der Waals surface area contributed by atoms with Gasteiger partial charge in [0, 0.05) is 31.8 Å². The van der Waals surface area contributed by atoms with Crippen LogP contribution >= 0.6 is 0 Å². The Bertz CT molecular complexity index is 829. The summed E-state index contributed by atoms with van der Waals surface area (Å²) in [5.41, 5.74) is 2.82. The zero-order valence-corrected chi connectivity index (χ0v) is 17.1. The molecule has 0 saturated carbocycles. The van der Waals surface area contributed by atoms with Crippen LogP contribution in [0.1, 0.15) is 16.7 Å². The molecule has 0 bridgehead atoms. The van der Waals surface area contributed by atoms with Crippen molar-refractivity contribution in [1.82, 2.24) is 10.6 Å². The van der Waals surface area contributed by atoms with E-state index < -0.39 is 6.61 Å². The van der Waals surface area contributed by atoms with E-state index in [1.807, 2.05) is 19.1 Å². The molecule has 0 aromatic heterocycles. The second-order valence-corrected chi connectivity index (χ2v) is 6.27. The van der Waals surface area contributed by atoms with Gasteiger partial charge >= 0.3 is 6.61 Å². The second kappa shape index (κ2) is 11.1. The zero-order chi connectivity index (χ0) is 21.2. The van der Waals surface area contributed by atoms with Crippen LogP contribution in [0.3, 0.4) is 0 Å². The van der Waals surface area contributed by atoms with Gasteiger partial charge in [-0.3, -0.25) is 4.99 Å². The normalized spacial score (nSPS) is 11.3. The molecule has 0 aliphatic carbocycles. The van der Waals surface area contributed by atoms with E-state index in [0.717, 1.165) is 23.3 Å². The maximum Gasteiger partial charge on any atom is 0.387 e. The molecule has 0 aliphatic rings. The number of nitrogens with one attached hydrogen (secondary N) is 2. The van der Waals surface area contributed by atoms with Crippen molar-refractivity contribution in [1.29, 1.82) is 0 Å². The fraction of sp³-hybridized carbons (Fsp3) is 0.381. The Kier molecular flexibility index (Phi) is 8.51. The lowest BCUT2D eigenvalue weighted by Crippen LogP contribution is -2.38. The van der Waals surface area contributed by atoms with Crippen LogP contribution in [0.4, 0.5) is 8.78 Å². The SMILES string of the molecule is CN=C(NCCc1cc(C)ccc1OC)NCc1ccc(OC)cc1OC(F)F. The third-order valence-electron chi connectivity index (χ3n) is 4.28. The third kappa shape index (κ3) is 6.81. The molecule has 0 radical (unpaired) electrons. The van der Waals surface area contributed by atoms with Gasteiger partial charge in [0.25, 0.3) is 0 Å². The Morgan fingerprint density at radius 2 is 1.79 bits per heavy atom. The molecule has 0 fully saturated rings. The van der Waals surface area contributed by atoms with Crippen molar-refractivity contribution in [3.8, 4) is 17.2 Å². The van der Waals surface area contributed by atoms with Crippen molar-refractivity contribution in [3.05, 3.63) is 53.1 Å². The molecule has 0 spiro atoms. The molecule has 0 aliphatic heterocycles. The van der Waals surface area contributed by atoms with Crippen LogP contribution in [0.5, 0.6) is 17.2 Å². The van der Waals surface area contributed by atoms with Crippen LogP contribution < -0.4 is 24.8 Å². The molecule has 2 aromatic carbocycles. The molecule has 0 saturated heterocycles. The first-order valence-corrected chi connectivity index (χ1v) is 9.16. The number of methoxy groups -OCH3 is 2. The van der Waals surface area contributed by atoms with E-state index in [2.05, 4.69) is 26.4 Å². The Balaban J connectivity index is 1.95. The average Bonchev–Trinajstić information content (AvgIpc) is 2.70. The van der Waals surface area contributed by atoms with Crippen molar-refractivity contribution in [2.24, 2.45) is 4.99 Å². The predicted molar refractivity (Wildman–Crippen MR) is 109 cm³/mol. The molecule has 0 amide bonds. The second-order valence-electron chi connectivity index (χ2n) is 6.27. The molecule has 2 N–H and O–H groups in total. The number of ether oxygens (including phenoxy) is 3. The first kappa shape index (κ1) is 22.3. The van der Waals surface area contributed by atoms with E-state index in [4.69, 9.17) is 9.47 Å². The number of rotatable bonds is 9. The summed E-state index contributed by atoms with van der Waals surface area (Å²) in [6.45, 7) is 0.00910. The maximum atomic E-state index is 12.7. The molecule has 0 atom stereocenters.